The van der Waals surface area contributed by atoms with E-state index in [1.807, 2.05) is 17.0 Å². The lowest BCUT2D eigenvalue weighted by Gasteiger charge is -2.32. The van der Waals surface area contributed by atoms with Crippen molar-refractivity contribution in [3.8, 4) is 11.4 Å². The highest BCUT2D eigenvalue weighted by Gasteiger charge is 2.20. The molecule has 0 aliphatic carbocycles. The van der Waals surface area contributed by atoms with E-state index < -0.39 is 0 Å². The van der Waals surface area contributed by atoms with Crippen molar-refractivity contribution in [3.05, 3.63) is 41.8 Å². The molecule has 2 fully saturated rings. The van der Waals surface area contributed by atoms with Crippen molar-refractivity contribution in [2.24, 2.45) is 0 Å². The third-order valence-corrected chi connectivity index (χ3v) is 5.63. The first kappa shape index (κ1) is 18.3. The second-order valence-corrected chi connectivity index (χ2v) is 7.36. The number of likely N-dealkylation sites (tertiary alicyclic amines) is 1. The molecular weight excluding hydrogens is 343 g/mol. The number of rotatable bonds is 4. The third kappa shape index (κ3) is 4.12. The summed E-state index contributed by atoms with van der Waals surface area (Å²) in [5.74, 6) is 0.556. The molecule has 0 amide bonds. The van der Waals surface area contributed by atoms with Crippen LogP contribution in [0.2, 0.25) is 0 Å². The van der Waals surface area contributed by atoms with Crippen molar-refractivity contribution in [1.82, 2.24) is 14.9 Å². The number of hydrogen-bond acceptors (Lipinski definition) is 5. The average molecular weight is 370 g/mol. The highest BCUT2D eigenvalue weighted by Crippen LogP contribution is 2.27. The van der Waals surface area contributed by atoms with E-state index >= 15 is 0 Å². The third-order valence-electron chi connectivity index (χ3n) is 5.63. The molecule has 1 aromatic heterocycles. The topological polar surface area (TPSA) is 41.5 Å². The van der Waals surface area contributed by atoms with Crippen LogP contribution in [-0.4, -0.2) is 54.3 Å². The fourth-order valence-corrected chi connectivity index (χ4v) is 3.92. The maximum Gasteiger partial charge on any atom is 0.183 e. The Hall–Kier alpha value is -2.05. The minimum absolute atomic E-state index is 0.370. The van der Waals surface area contributed by atoms with Crippen molar-refractivity contribution in [2.75, 3.05) is 44.3 Å². The SMILES string of the molecule is CC(c1ccc(-c2ncc(F)c(N3CCOCC3)n2)cc1)N1CCCCC1. The smallest absolute Gasteiger partial charge is 0.183 e. The maximum absolute atomic E-state index is 14.2. The first-order chi connectivity index (χ1) is 13.2. The molecule has 1 aromatic carbocycles. The van der Waals surface area contributed by atoms with Gasteiger partial charge in [0.25, 0.3) is 0 Å². The number of ether oxygens (including phenoxy) is 1. The Bertz CT molecular complexity index is 755. The fraction of sp³-hybridized carbons (Fsp3) is 0.524. The largest absolute Gasteiger partial charge is 0.378 e. The van der Waals surface area contributed by atoms with Crippen LogP contribution in [0.15, 0.2) is 30.5 Å². The molecule has 27 heavy (non-hydrogen) atoms. The molecule has 0 radical (unpaired) electrons. The van der Waals surface area contributed by atoms with Crippen molar-refractivity contribution in [1.29, 1.82) is 0 Å². The van der Waals surface area contributed by atoms with Crippen LogP contribution in [-0.2, 0) is 4.74 Å². The van der Waals surface area contributed by atoms with Gasteiger partial charge in [-0.2, -0.15) is 0 Å². The van der Waals surface area contributed by atoms with Gasteiger partial charge < -0.3 is 9.64 Å². The molecule has 0 bridgehead atoms. The summed E-state index contributed by atoms with van der Waals surface area (Å²) in [7, 11) is 0. The van der Waals surface area contributed by atoms with Crippen LogP contribution in [0.1, 0.15) is 37.8 Å². The Morgan fingerprint density at radius 3 is 2.41 bits per heavy atom. The molecule has 2 aromatic rings. The van der Waals surface area contributed by atoms with Gasteiger partial charge in [-0.15, -0.1) is 0 Å². The second-order valence-electron chi connectivity index (χ2n) is 7.36. The molecule has 4 rings (SSSR count). The van der Waals surface area contributed by atoms with Gasteiger partial charge in [-0.05, 0) is 38.4 Å². The monoisotopic (exact) mass is 370 g/mol. The van der Waals surface area contributed by atoms with Crippen LogP contribution in [0.4, 0.5) is 10.2 Å². The molecule has 6 heteroatoms. The van der Waals surface area contributed by atoms with Crippen LogP contribution < -0.4 is 4.90 Å². The van der Waals surface area contributed by atoms with Crippen molar-refractivity contribution < 1.29 is 9.13 Å². The fourth-order valence-electron chi connectivity index (χ4n) is 3.92. The summed E-state index contributed by atoms with van der Waals surface area (Å²) in [6.07, 6.45) is 5.19. The zero-order valence-electron chi connectivity index (χ0n) is 15.9. The van der Waals surface area contributed by atoms with Crippen molar-refractivity contribution in [3.63, 3.8) is 0 Å². The zero-order valence-corrected chi connectivity index (χ0v) is 15.9. The van der Waals surface area contributed by atoms with Gasteiger partial charge in [-0.1, -0.05) is 30.7 Å². The van der Waals surface area contributed by atoms with E-state index in [4.69, 9.17) is 4.74 Å². The van der Waals surface area contributed by atoms with Crippen LogP contribution in [0.5, 0.6) is 0 Å². The quantitative estimate of drug-likeness (QED) is 0.821. The van der Waals surface area contributed by atoms with E-state index in [-0.39, 0.29) is 5.82 Å². The number of aromatic nitrogens is 2. The summed E-state index contributed by atoms with van der Waals surface area (Å²) in [6, 6.07) is 8.81. The van der Waals surface area contributed by atoms with E-state index in [0.29, 0.717) is 44.0 Å². The highest BCUT2D eigenvalue weighted by atomic mass is 19.1. The average Bonchev–Trinajstić information content (AvgIpc) is 2.75. The standard InChI is InChI=1S/C21H27FN4O/c1-16(25-9-3-2-4-10-25)17-5-7-18(8-6-17)20-23-15-19(22)21(24-20)26-11-13-27-14-12-26/h5-8,15-16H,2-4,9-14H2,1H3. The van der Waals surface area contributed by atoms with E-state index in [0.717, 1.165) is 5.56 Å². The molecule has 2 aliphatic rings. The summed E-state index contributed by atoms with van der Waals surface area (Å²) < 4.78 is 19.6. The lowest BCUT2D eigenvalue weighted by Crippen LogP contribution is -2.37. The van der Waals surface area contributed by atoms with E-state index in [9.17, 15) is 4.39 Å². The van der Waals surface area contributed by atoms with E-state index in [1.54, 1.807) is 0 Å². The summed E-state index contributed by atoms with van der Waals surface area (Å²) in [4.78, 5) is 13.2. The first-order valence-corrected chi connectivity index (χ1v) is 9.92. The molecule has 1 atom stereocenters. The number of piperidine rings is 1. The van der Waals surface area contributed by atoms with Gasteiger partial charge in [-0.25, -0.2) is 14.4 Å². The Morgan fingerprint density at radius 2 is 1.70 bits per heavy atom. The molecular formula is C21H27FN4O. The predicted octanol–water partition coefficient (Wildman–Crippen LogP) is 3.67. The van der Waals surface area contributed by atoms with Gasteiger partial charge in [0, 0.05) is 24.7 Å². The first-order valence-electron chi connectivity index (χ1n) is 9.92. The number of anilines is 1. The zero-order chi connectivity index (χ0) is 18.6. The molecule has 2 saturated heterocycles. The number of halogens is 1. The summed E-state index contributed by atoms with van der Waals surface area (Å²) in [5.41, 5.74) is 2.22. The molecule has 1 unspecified atom stereocenters. The number of nitrogens with zero attached hydrogens (tertiary/aromatic N) is 4. The van der Waals surface area contributed by atoms with Gasteiger partial charge >= 0.3 is 0 Å². The maximum atomic E-state index is 14.2. The van der Waals surface area contributed by atoms with Gasteiger partial charge in [0.15, 0.2) is 17.5 Å². The summed E-state index contributed by atoms with van der Waals surface area (Å²) >= 11 is 0. The Balaban J connectivity index is 1.53. The molecule has 0 spiro atoms. The minimum atomic E-state index is -0.379. The Morgan fingerprint density at radius 1 is 1.00 bits per heavy atom. The van der Waals surface area contributed by atoms with Crippen molar-refractivity contribution in [2.45, 2.75) is 32.2 Å². The number of benzene rings is 1. The van der Waals surface area contributed by atoms with E-state index in [2.05, 4.69) is 33.9 Å². The summed E-state index contributed by atoms with van der Waals surface area (Å²) in [5, 5.41) is 0. The predicted molar refractivity (Wildman–Crippen MR) is 104 cm³/mol. The molecule has 0 saturated carbocycles. The lowest BCUT2D eigenvalue weighted by atomic mass is 10.0. The molecule has 144 valence electrons. The van der Waals surface area contributed by atoms with Crippen LogP contribution in [0.25, 0.3) is 11.4 Å². The van der Waals surface area contributed by atoms with Gasteiger partial charge in [0.2, 0.25) is 0 Å². The Kier molecular flexibility index (Phi) is 5.64. The second kappa shape index (κ2) is 8.31. The van der Waals surface area contributed by atoms with Crippen LogP contribution in [0.3, 0.4) is 0 Å². The molecule has 3 heterocycles. The number of morpholine rings is 1. The number of hydrogen-bond donors (Lipinski definition) is 0. The van der Waals surface area contributed by atoms with E-state index in [1.165, 1.54) is 44.1 Å². The van der Waals surface area contributed by atoms with Crippen molar-refractivity contribution >= 4 is 5.82 Å². The normalized spacial score (nSPS) is 19.9. The molecule has 0 N–H and O–H groups in total. The van der Waals surface area contributed by atoms with Gasteiger partial charge in [0.1, 0.15) is 0 Å². The molecule has 5 nitrogen and oxygen atoms in total. The lowest BCUT2D eigenvalue weighted by molar-refractivity contribution is 0.122. The highest BCUT2D eigenvalue weighted by molar-refractivity contribution is 5.58. The van der Waals surface area contributed by atoms with Gasteiger partial charge in [0.05, 0.1) is 19.4 Å². The summed E-state index contributed by atoms with van der Waals surface area (Å²) in [6.45, 7) is 7.12. The van der Waals surface area contributed by atoms with Crippen LogP contribution in [0, 0.1) is 5.82 Å². The van der Waals surface area contributed by atoms with Crippen LogP contribution >= 0.6 is 0 Å². The molecule has 2 aliphatic heterocycles. The minimum Gasteiger partial charge on any atom is -0.378 e. The Labute approximate surface area is 160 Å². The van der Waals surface area contributed by atoms with Gasteiger partial charge in [-0.3, -0.25) is 4.90 Å².